The van der Waals surface area contributed by atoms with Crippen molar-refractivity contribution in [3.05, 3.63) is 29.8 Å². The number of hydrogen-bond acceptors (Lipinski definition) is 3. The van der Waals surface area contributed by atoms with Gasteiger partial charge in [0.25, 0.3) is 0 Å². The number of hydrogen-bond donors (Lipinski definition) is 3. The van der Waals surface area contributed by atoms with Crippen molar-refractivity contribution in [2.45, 2.75) is 64.5 Å². The lowest BCUT2D eigenvalue weighted by Crippen LogP contribution is -2.49. The predicted molar refractivity (Wildman–Crippen MR) is 103 cm³/mol. The van der Waals surface area contributed by atoms with Gasteiger partial charge < -0.3 is 20.6 Å². The number of aliphatic hydroxyl groups excluding tert-OH is 1. The van der Waals surface area contributed by atoms with Crippen molar-refractivity contribution in [2.75, 3.05) is 24.6 Å². The van der Waals surface area contributed by atoms with Crippen LogP contribution in [0.2, 0.25) is 0 Å². The zero-order chi connectivity index (χ0) is 18.4. The van der Waals surface area contributed by atoms with Crippen molar-refractivity contribution in [3.8, 4) is 0 Å². The molecule has 1 atom stereocenters. The highest BCUT2D eigenvalue weighted by Gasteiger charge is 2.22. The van der Waals surface area contributed by atoms with Gasteiger partial charge in [-0.15, -0.1) is 0 Å². The first-order chi connectivity index (χ1) is 11.8. The first-order valence-corrected chi connectivity index (χ1v) is 9.33. The highest BCUT2D eigenvalue weighted by atomic mass is 16.3. The third-order valence-electron chi connectivity index (χ3n) is 4.87. The van der Waals surface area contributed by atoms with Crippen LogP contribution in [0.15, 0.2) is 24.3 Å². The minimum Gasteiger partial charge on any atom is -0.396 e. The summed E-state index contributed by atoms with van der Waals surface area (Å²) >= 11 is 0. The Balaban J connectivity index is 1.80. The lowest BCUT2D eigenvalue weighted by atomic mass is 9.87. The van der Waals surface area contributed by atoms with E-state index in [9.17, 15) is 4.79 Å². The van der Waals surface area contributed by atoms with Crippen LogP contribution >= 0.6 is 0 Å². The molecule has 140 valence electrons. The lowest BCUT2D eigenvalue weighted by Gasteiger charge is -2.34. The predicted octanol–water partition coefficient (Wildman–Crippen LogP) is 3.02. The van der Waals surface area contributed by atoms with Crippen LogP contribution < -0.4 is 15.5 Å². The summed E-state index contributed by atoms with van der Waals surface area (Å²) in [5.74, 6) is 0. The van der Waals surface area contributed by atoms with Gasteiger partial charge in [-0.05, 0) is 49.3 Å². The molecule has 1 fully saturated rings. The number of amides is 2. The van der Waals surface area contributed by atoms with Gasteiger partial charge in [0.15, 0.2) is 0 Å². The van der Waals surface area contributed by atoms with Gasteiger partial charge in [-0.1, -0.05) is 32.9 Å². The van der Waals surface area contributed by atoms with E-state index in [2.05, 4.69) is 60.6 Å². The van der Waals surface area contributed by atoms with Crippen LogP contribution in [0.3, 0.4) is 0 Å². The average molecular weight is 348 g/mol. The minimum atomic E-state index is -0.131. The van der Waals surface area contributed by atoms with Gasteiger partial charge in [-0.25, -0.2) is 4.79 Å². The molecule has 1 aliphatic heterocycles. The molecule has 0 aliphatic carbocycles. The van der Waals surface area contributed by atoms with Gasteiger partial charge in [0.1, 0.15) is 0 Å². The largest absolute Gasteiger partial charge is 0.396 e. The number of carbonyl (C=O) groups excluding carboxylic acids is 1. The van der Waals surface area contributed by atoms with Gasteiger partial charge >= 0.3 is 6.03 Å². The highest BCUT2D eigenvalue weighted by Crippen LogP contribution is 2.26. The number of carbonyl (C=O) groups is 1. The van der Waals surface area contributed by atoms with Crippen molar-refractivity contribution >= 4 is 11.7 Å². The standard InChI is InChI=1S/C20H33N3O2/c1-15(11-14-24)21-19(25)22-17-9-12-23(13-10-17)18-7-5-16(6-8-18)20(2,3)4/h5-8,15,17,24H,9-14H2,1-4H3,(H2,21,22,25)/t15-/m1/s1. The average Bonchev–Trinajstić information content (AvgIpc) is 2.55. The monoisotopic (exact) mass is 347 g/mol. The second-order valence-corrected chi connectivity index (χ2v) is 8.09. The summed E-state index contributed by atoms with van der Waals surface area (Å²) in [6.45, 7) is 10.6. The number of aliphatic hydroxyl groups is 1. The SMILES string of the molecule is C[C@H](CCO)NC(=O)NC1CCN(c2ccc(C(C)(C)C)cc2)CC1. The fraction of sp³-hybridized carbons (Fsp3) is 0.650. The van der Waals surface area contributed by atoms with E-state index in [1.807, 2.05) is 6.92 Å². The molecule has 0 spiro atoms. The number of benzene rings is 1. The molecule has 25 heavy (non-hydrogen) atoms. The molecule has 2 rings (SSSR count). The summed E-state index contributed by atoms with van der Waals surface area (Å²) in [4.78, 5) is 14.3. The molecule has 0 radical (unpaired) electrons. The maximum Gasteiger partial charge on any atom is 0.315 e. The summed E-state index contributed by atoms with van der Waals surface area (Å²) in [6.07, 6.45) is 2.47. The number of nitrogens with zero attached hydrogens (tertiary/aromatic N) is 1. The van der Waals surface area contributed by atoms with Crippen molar-refractivity contribution in [3.63, 3.8) is 0 Å². The molecule has 1 heterocycles. The fourth-order valence-electron chi connectivity index (χ4n) is 3.17. The summed E-state index contributed by atoms with van der Waals surface area (Å²) in [5.41, 5.74) is 2.78. The Hall–Kier alpha value is -1.75. The smallest absolute Gasteiger partial charge is 0.315 e. The molecule has 1 aromatic rings. The van der Waals surface area contributed by atoms with E-state index in [1.165, 1.54) is 11.3 Å². The molecular weight excluding hydrogens is 314 g/mol. The minimum absolute atomic E-state index is 0.00794. The van der Waals surface area contributed by atoms with Crippen LogP contribution in [0, 0.1) is 0 Å². The number of urea groups is 1. The van der Waals surface area contributed by atoms with Crippen LogP contribution in [0.1, 0.15) is 52.5 Å². The number of nitrogens with one attached hydrogen (secondary N) is 2. The summed E-state index contributed by atoms with van der Waals surface area (Å²) in [5, 5.41) is 14.8. The van der Waals surface area contributed by atoms with E-state index >= 15 is 0 Å². The molecule has 0 saturated carbocycles. The van der Waals surface area contributed by atoms with E-state index < -0.39 is 0 Å². The van der Waals surface area contributed by atoms with Crippen molar-refractivity contribution in [1.29, 1.82) is 0 Å². The highest BCUT2D eigenvalue weighted by molar-refractivity contribution is 5.74. The summed E-state index contributed by atoms with van der Waals surface area (Å²) < 4.78 is 0. The Bertz CT molecular complexity index is 543. The number of anilines is 1. The Morgan fingerprint density at radius 2 is 1.84 bits per heavy atom. The third kappa shape index (κ3) is 5.92. The molecule has 2 amide bonds. The fourth-order valence-corrected chi connectivity index (χ4v) is 3.17. The van der Waals surface area contributed by atoms with Crippen molar-refractivity contribution < 1.29 is 9.90 Å². The first-order valence-electron chi connectivity index (χ1n) is 9.33. The second-order valence-electron chi connectivity index (χ2n) is 8.09. The van der Waals surface area contributed by atoms with Gasteiger partial charge in [-0.2, -0.15) is 0 Å². The lowest BCUT2D eigenvalue weighted by molar-refractivity contribution is 0.225. The molecule has 3 N–H and O–H groups in total. The zero-order valence-electron chi connectivity index (χ0n) is 16.0. The van der Waals surface area contributed by atoms with E-state index in [4.69, 9.17) is 5.11 Å². The van der Waals surface area contributed by atoms with Gasteiger partial charge in [0.2, 0.25) is 0 Å². The quantitative estimate of drug-likeness (QED) is 0.767. The molecule has 1 aromatic carbocycles. The third-order valence-corrected chi connectivity index (χ3v) is 4.87. The maximum atomic E-state index is 12.0. The molecule has 0 bridgehead atoms. The van der Waals surface area contributed by atoms with Crippen molar-refractivity contribution in [2.24, 2.45) is 0 Å². The van der Waals surface area contributed by atoms with Gasteiger partial charge in [0, 0.05) is 37.5 Å². The van der Waals surface area contributed by atoms with Crippen LogP contribution in [-0.4, -0.2) is 42.9 Å². The Morgan fingerprint density at radius 3 is 2.36 bits per heavy atom. The topological polar surface area (TPSA) is 64.6 Å². The molecule has 1 saturated heterocycles. The summed E-state index contributed by atoms with van der Waals surface area (Å²) in [7, 11) is 0. The maximum absolute atomic E-state index is 12.0. The zero-order valence-corrected chi connectivity index (χ0v) is 16.0. The normalized spacial score (nSPS) is 17.2. The van der Waals surface area contributed by atoms with Crippen LogP contribution in [-0.2, 0) is 5.41 Å². The van der Waals surface area contributed by atoms with Crippen molar-refractivity contribution in [1.82, 2.24) is 10.6 Å². The molecule has 0 unspecified atom stereocenters. The Kier molecular flexibility index (Phi) is 6.71. The Morgan fingerprint density at radius 1 is 1.24 bits per heavy atom. The van der Waals surface area contributed by atoms with Crippen LogP contribution in [0.25, 0.3) is 0 Å². The van der Waals surface area contributed by atoms with E-state index in [-0.39, 0.29) is 30.1 Å². The second kappa shape index (κ2) is 8.56. The van der Waals surface area contributed by atoms with Gasteiger partial charge in [0.05, 0.1) is 0 Å². The first kappa shape index (κ1) is 19.6. The number of rotatable bonds is 5. The molecular formula is C20H33N3O2. The molecule has 0 aromatic heterocycles. The van der Waals surface area contributed by atoms with E-state index in [0.717, 1.165) is 25.9 Å². The Labute approximate surface area is 151 Å². The van der Waals surface area contributed by atoms with E-state index in [0.29, 0.717) is 6.42 Å². The van der Waals surface area contributed by atoms with E-state index in [1.54, 1.807) is 0 Å². The van der Waals surface area contributed by atoms with Gasteiger partial charge in [-0.3, -0.25) is 0 Å². The molecule has 1 aliphatic rings. The summed E-state index contributed by atoms with van der Waals surface area (Å²) in [6, 6.07) is 8.92. The van der Waals surface area contributed by atoms with Crippen LogP contribution in [0.4, 0.5) is 10.5 Å². The molecule has 5 heteroatoms. The molecule has 5 nitrogen and oxygen atoms in total. The number of piperidine rings is 1. The van der Waals surface area contributed by atoms with Crippen LogP contribution in [0.5, 0.6) is 0 Å².